The summed E-state index contributed by atoms with van der Waals surface area (Å²) < 4.78 is 36.9. The molecule has 0 unspecified atom stereocenters. The average Bonchev–Trinajstić information content (AvgIpc) is 2.39. The maximum atomic E-state index is 11.3. The molecule has 0 saturated carbocycles. The van der Waals surface area contributed by atoms with Crippen molar-refractivity contribution in [2.45, 2.75) is 18.7 Å². The molecule has 112 valence electrons. The largest absolute Gasteiger partial charge is 0.492 e. The molecule has 0 saturated heterocycles. The van der Waals surface area contributed by atoms with E-state index in [1.807, 2.05) is 6.92 Å². The molecule has 0 radical (unpaired) electrons. The lowest BCUT2D eigenvalue weighted by molar-refractivity contribution is -0.114. The lowest BCUT2D eigenvalue weighted by atomic mass is 10.1. The summed E-state index contributed by atoms with van der Waals surface area (Å²) >= 11 is 0. The number of carbonyl (C=O) groups is 1. The minimum Gasteiger partial charge on any atom is -0.492 e. The number of nitrogens with one attached hydrogen (secondary N) is 1. The van der Waals surface area contributed by atoms with Crippen LogP contribution in [0.2, 0.25) is 0 Å². The minimum absolute atomic E-state index is 0.201. The van der Waals surface area contributed by atoms with Crippen molar-refractivity contribution in [1.82, 2.24) is 0 Å². The Kier molecular flexibility index (Phi) is 4.15. The Labute approximate surface area is 122 Å². The van der Waals surface area contributed by atoms with Gasteiger partial charge in [0.25, 0.3) is 10.1 Å². The average molecular weight is 309 g/mol. The summed E-state index contributed by atoms with van der Waals surface area (Å²) in [7, 11) is -4.27. The van der Waals surface area contributed by atoms with E-state index in [0.29, 0.717) is 28.8 Å². The van der Waals surface area contributed by atoms with Crippen LogP contribution in [0.1, 0.15) is 13.8 Å². The maximum absolute atomic E-state index is 11.3. The Morgan fingerprint density at radius 2 is 2.00 bits per heavy atom. The number of amides is 1. The molecule has 2 N–H and O–H groups in total. The predicted molar refractivity (Wildman–Crippen MR) is 79.2 cm³/mol. The van der Waals surface area contributed by atoms with Crippen LogP contribution in [0.15, 0.2) is 35.2 Å². The molecule has 2 aromatic carbocycles. The van der Waals surface area contributed by atoms with E-state index in [0.717, 1.165) is 0 Å². The molecular formula is C14H15NO5S. The number of hydrogen-bond acceptors (Lipinski definition) is 4. The van der Waals surface area contributed by atoms with Gasteiger partial charge < -0.3 is 10.1 Å². The summed E-state index contributed by atoms with van der Waals surface area (Å²) in [5.41, 5.74) is 0.476. The molecule has 0 bridgehead atoms. The Balaban J connectivity index is 2.69. The van der Waals surface area contributed by atoms with Crippen LogP contribution in [0.5, 0.6) is 5.75 Å². The third kappa shape index (κ3) is 3.32. The highest BCUT2D eigenvalue weighted by molar-refractivity contribution is 7.85. The maximum Gasteiger partial charge on any atom is 0.294 e. The van der Waals surface area contributed by atoms with E-state index >= 15 is 0 Å². The monoisotopic (exact) mass is 309 g/mol. The Morgan fingerprint density at radius 1 is 1.29 bits per heavy atom. The molecule has 0 heterocycles. The summed E-state index contributed by atoms with van der Waals surface area (Å²) in [6.07, 6.45) is 0. The second kappa shape index (κ2) is 5.71. The third-order valence-corrected chi connectivity index (χ3v) is 3.70. The van der Waals surface area contributed by atoms with Crippen LogP contribution in [0.4, 0.5) is 5.69 Å². The van der Waals surface area contributed by atoms with Gasteiger partial charge in [-0.3, -0.25) is 9.35 Å². The van der Waals surface area contributed by atoms with Gasteiger partial charge in [-0.25, -0.2) is 0 Å². The quantitative estimate of drug-likeness (QED) is 0.846. The molecule has 6 nitrogen and oxygen atoms in total. The first kappa shape index (κ1) is 15.3. The van der Waals surface area contributed by atoms with Crippen LogP contribution in [-0.2, 0) is 14.9 Å². The fraction of sp³-hybridized carbons (Fsp3) is 0.214. The Morgan fingerprint density at radius 3 is 2.57 bits per heavy atom. The molecule has 0 atom stereocenters. The van der Waals surface area contributed by atoms with Crippen molar-refractivity contribution >= 4 is 32.5 Å². The summed E-state index contributed by atoms with van der Waals surface area (Å²) in [5, 5.41) is 3.88. The first-order valence-electron chi connectivity index (χ1n) is 6.27. The van der Waals surface area contributed by atoms with Crippen molar-refractivity contribution in [3.8, 4) is 5.75 Å². The number of fused-ring (bicyclic) bond motifs is 1. The van der Waals surface area contributed by atoms with Gasteiger partial charge >= 0.3 is 0 Å². The van der Waals surface area contributed by atoms with E-state index in [-0.39, 0.29) is 10.8 Å². The zero-order valence-electron chi connectivity index (χ0n) is 11.6. The smallest absolute Gasteiger partial charge is 0.294 e. The van der Waals surface area contributed by atoms with Crippen molar-refractivity contribution in [3.63, 3.8) is 0 Å². The van der Waals surface area contributed by atoms with Crippen molar-refractivity contribution in [2.24, 2.45) is 0 Å². The molecule has 1 amide bonds. The van der Waals surface area contributed by atoms with E-state index in [9.17, 15) is 13.2 Å². The SMILES string of the molecule is CCOc1ccc2cc(S(=O)(=O)O)ccc2c1NC(C)=O. The van der Waals surface area contributed by atoms with Gasteiger partial charge in [0.15, 0.2) is 0 Å². The number of anilines is 1. The normalized spacial score (nSPS) is 11.4. The standard InChI is InChI=1S/C14H15NO5S/c1-3-20-13-7-4-10-8-11(21(17,18)19)5-6-12(10)14(13)15-9(2)16/h4-8H,3H2,1-2H3,(H,15,16)(H,17,18,19). The van der Waals surface area contributed by atoms with Crippen LogP contribution in [0.3, 0.4) is 0 Å². The van der Waals surface area contributed by atoms with E-state index in [2.05, 4.69) is 5.32 Å². The van der Waals surface area contributed by atoms with E-state index in [1.165, 1.54) is 25.1 Å². The lowest BCUT2D eigenvalue weighted by Crippen LogP contribution is -2.08. The van der Waals surface area contributed by atoms with E-state index in [4.69, 9.17) is 9.29 Å². The zero-order valence-corrected chi connectivity index (χ0v) is 12.4. The number of hydrogen-bond donors (Lipinski definition) is 2. The van der Waals surface area contributed by atoms with Crippen molar-refractivity contribution in [2.75, 3.05) is 11.9 Å². The van der Waals surface area contributed by atoms with Crippen LogP contribution < -0.4 is 10.1 Å². The second-order valence-electron chi connectivity index (χ2n) is 4.41. The van der Waals surface area contributed by atoms with Gasteiger partial charge in [-0.15, -0.1) is 0 Å². The highest BCUT2D eigenvalue weighted by Gasteiger charge is 2.14. The van der Waals surface area contributed by atoms with Gasteiger partial charge in [0.2, 0.25) is 5.91 Å². The number of rotatable bonds is 4. The third-order valence-electron chi connectivity index (χ3n) is 2.85. The number of ether oxygens (including phenoxy) is 1. The van der Waals surface area contributed by atoms with Gasteiger partial charge in [-0.05, 0) is 30.5 Å². The molecule has 7 heteroatoms. The Hall–Kier alpha value is -2.12. The molecule has 2 rings (SSSR count). The molecule has 0 aliphatic rings. The molecule has 2 aromatic rings. The molecule has 0 aliphatic carbocycles. The minimum atomic E-state index is -4.27. The van der Waals surface area contributed by atoms with Crippen LogP contribution in [-0.4, -0.2) is 25.5 Å². The van der Waals surface area contributed by atoms with Crippen molar-refractivity contribution < 1.29 is 22.5 Å². The predicted octanol–water partition coefficient (Wildman–Crippen LogP) is 2.44. The van der Waals surface area contributed by atoms with Crippen LogP contribution in [0.25, 0.3) is 10.8 Å². The molecule has 0 fully saturated rings. The van der Waals surface area contributed by atoms with Crippen molar-refractivity contribution in [1.29, 1.82) is 0 Å². The summed E-state index contributed by atoms with van der Waals surface area (Å²) in [4.78, 5) is 11.1. The molecular weight excluding hydrogens is 294 g/mol. The van der Waals surface area contributed by atoms with E-state index in [1.54, 1.807) is 12.1 Å². The van der Waals surface area contributed by atoms with Gasteiger partial charge in [0.05, 0.1) is 17.2 Å². The topological polar surface area (TPSA) is 92.7 Å². The van der Waals surface area contributed by atoms with Gasteiger partial charge in [-0.1, -0.05) is 12.1 Å². The fourth-order valence-electron chi connectivity index (χ4n) is 2.03. The summed E-state index contributed by atoms with van der Waals surface area (Å²) in [5.74, 6) is 0.238. The molecule has 21 heavy (non-hydrogen) atoms. The molecule has 0 aliphatic heterocycles. The number of benzene rings is 2. The fourth-order valence-corrected chi connectivity index (χ4v) is 2.55. The number of carbonyl (C=O) groups excluding carboxylic acids is 1. The first-order chi connectivity index (χ1) is 9.82. The second-order valence-corrected chi connectivity index (χ2v) is 5.83. The first-order valence-corrected chi connectivity index (χ1v) is 7.71. The van der Waals surface area contributed by atoms with Gasteiger partial charge in [-0.2, -0.15) is 8.42 Å². The molecule has 0 spiro atoms. The van der Waals surface area contributed by atoms with Crippen LogP contribution in [0, 0.1) is 0 Å². The highest BCUT2D eigenvalue weighted by atomic mass is 32.2. The summed E-state index contributed by atoms with van der Waals surface area (Å²) in [6, 6.07) is 7.45. The van der Waals surface area contributed by atoms with Crippen molar-refractivity contribution in [3.05, 3.63) is 30.3 Å². The van der Waals surface area contributed by atoms with Gasteiger partial charge in [0, 0.05) is 12.3 Å². The summed E-state index contributed by atoms with van der Waals surface area (Å²) in [6.45, 7) is 3.63. The zero-order chi connectivity index (χ0) is 15.6. The Bertz CT molecular complexity index is 798. The lowest BCUT2D eigenvalue weighted by Gasteiger charge is -2.14. The molecule has 0 aromatic heterocycles. The van der Waals surface area contributed by atoms with Gasteiger partial charge in [0.1, 0.15) is 5.75 Å². The van der Waals surface area contributed by atoms with Crippen LogP contribution >= 0.6 is 0 Å². The highest BCUT2D eigenvalue weighted by Crippen LogP contribution is 2.34. The van der Waals surface area contributed by atoms with E-state index < -0.39 is 10.1 Å².